The number of esters is 1. The van der Waals surface area contributed by atoms with E-state index in [1.165, 1.54) is 33.5 Å². The van der Waals surface area contributed by atoms with Gasteiger partial charge in [-0.25, -0.2) is 13.2 Å². The number of sulfonamides is 1. The number of rotatable bonds is 5. The number of carbonyl (C=O) groups excluding carboxylic acids is 2. The molecule has 0 unspecified atom stereocenters. The number of morpholine rings is 1. The monoisotopic (exact) mass is 356 g/mol. The fraction of sp³-hybridized carbons (Fsp3) is 0.467. The minimum Gasteiger partial charge on any atom is -0.452 e. The number of hydrogen-bond acceptors (Lipinski definition) is 6. The van der Waals surface area contributed by atoms with Crippen molar-refractivity contribution < 1.29 is 27.5 Å². The number of carbonyl (C=O) groups is 2. The van der Waals surface area contributed by atoms with E-state index in [1.54, 1.807) is 14.1 Å². The van der Waals surface area contributed by atoms with Gasteiger partial charge in [-0.1, -0.05) is 6.07 Å². The van der Waals surface area contributed by atoms with Gasteiger partial charge in [0.25, 0.3) is 5.91 Å². The van der Waals surface area contributed by atoms with Crippen molar-refractivity contribution in [2.45, 2.75) is 4.90 Å². The molecule has 1 aromatic carbocycles. The molecule has 1 heterocycles. The van der Waals surface area contributed by atoms with E-state index in [9.17, 15) is 18.0 Å². The van der Waals surface area contributed by atoms with Gasteiger partial charge in [-0.05, 0) is 18.2 Å². The van der Waals surface area contributed by atoms with Crippen LogP contribution in [-0.2, 0) is 24.3 Å². The summed E-state index contributed by atoms with van der Waals surface area (Å²) in [4.78, 5) is 24.8. The first-order valence-electron chi connectivity index (χ1n) is 7.37. The van der Waals surface area contributed by atoms with Crippen LogP contribution in [0.3, 0.4) is 0 Å². The fourth-order valence-corrected chi connectivity index (χ4v) is 3.51. The van der Waals surface area contributed by atoms with Crippen LogP contribution >= 0.6 is 0 Å². The summed E-state index contributed by atoms with van der Waals surface area (Å²) in [6.07, 6.45) is 0. The van der Waals surface area contributed by atoms with Gasteiger partial charge >= 0.3 is 5.97 Å². The number of nitrogens with zero attached hydrogens (tertiary/aromatic N) is 2. The zero-order chi connectivity index (χ0) is 17.7. The van der Waals surface area contributed by atoms with Crippen LogP contribution in [0, 0.1) is 0 Å². The Balaban J connectivity index is 2.13. The van der Waals surface area contributed by atoms with Crippen molar-refractivity contribution in [3.8, 4) is 0 Å². The van der Waals surface area contributed by atoms with E-state index < -0.39 is 22.6 Å². The van der Waals surface area contributed by atoms with E-state index in [4.69, 9.17) is 9.47 Å². The van der Waals surface area contributed by atoms with Crippen molar-refractivity contribution in [1.82, 2.24) is 9.21 Å². The first kappa shape index (κ1) is 18.4. The third-order valence-corrected chi connectivity index (χ3v) is 5.40. The van der Waals surface area contributed by atoms with Gasteiger partial charge in [0, 0.05) is 27.2 Å². The minimum absolute atomic E-state index is 0.0118. The maximum atomic E-state index is 12.6. The maximum Gasteiger partial charge on any atom is 0.338 e. The summed E-state index contributed by atoms with van der Waals surface area (Å²) in [7, 11) is -0.598. The Labute approximate surface area is 141 Å². The van der Waals surface area contributed by atoms with E-state index in [0.717, 1.165) is 0 Å². The molecule has 0 saturated carbocycles. The molecule has 2 rings (SSSR count). The first-order chi connectivity index (χ1) is 11.3. The highest BCUT2D eigenvalue weighted by Gasteiger charge is 2.27. The van der Waals surface area contributed by atoms with Crippen LogP contribution in [0.15, 0.2) is 29.2 Å². The topological polar surface area (TPSA) is 93.2 Å². The van der Waals surface area contributed by atoms with Gasteiger partial charge in [0.2, 0.25) is 10.0 Å². The molecule has 24 heavy (non-hydrogen) atoms. The zero-order valence-electron chi connectivity index (χ0n) is 13.6. The molecule has 0 bridgehead atoms. The second kappa shape index (κ2) is 7.73. The quantitative estimate of drug-likeness (QED) is 0.687. The van der Waals surface area contributed by atoms with E-state index in [0.29, 0.717) is 13.2 Å². The van der Waals surface area contributed by atoms with Crippen LogP contribution in [0.5, 0.6) is 0 Å². The zero-order valence-corrected chi connectivity index (χ0v) is 14.4. The van der Waals surface area contributed by atoms with Crippen LogP contribution in [0.1, 0.15) is 10.4 Å². The van der Waals surface area contributed by atoms with Gasteiger partial charge in [0.05, 0.1) is 23.7 Å². The molecule has 9 heteroatoms. The Hall–Kier alpha value is -1.97. The maximum absolute atomic E-state index is 12.6. The van der Waals surface area contributed by atoms with Gasteiger partial charge in [0.1, 0.15) is 0 Å². The van der Waals surface area contributed by atoms with Crippen LogP contribution in [0.2, 0.25) is 0 Å². The molecule has 1 fully saturated rings. The van der Waals surface area contributed by atoms with Crippen molar-refractivity contribution in [3.63, 3.8) is 0 Å². The van der Waals surface area contributed by atoms with Crippen molar-refractivity contribution >= 4 is 21.9 Å². The van der Waals surface area contributed by atoms with Crippen LogP contribution in [0.25, 0.3) is 0 Å². The Kier molecular flexibility index (Phi) is 5.92. The summed E-state index contributed by atoms with van der Waals surface area (Å²) in [6, 6.07) is 5.60. The molecule has 8 nitrogen and oxygen atoms in total. The lowest BCUT2D eigenvalue weighted by atomic mass is 10.2. The fourth-order valence-electron chi connectivity index (χ4n) is 2.06. The van der Waals surface area contributed by atoms with Gasteiger partial charge < -0.3 is 14.4 Å². The van der Waals surface area contributed by atoms with E-state index in [1.807, 2.05) is 0 Å². The van der Waals surface area contributed by atoms with Gasteiger partial charge in [-0.3, -0.25) is 4.79 Å². The Bertz CT molecular complexity index is 710. The Morgan fingerprint density at radius 2 is 1.92 bits per heavy atom. The number of hydrogen-bond donors (Lipinski definition) is 0. The van der Waals surface area contributed by atoms with Crippen molar-refractivity contribution in [2.75, 3.05) is 47.0 Å². The van der Waals surface area contributed by atoms with E-state index in [2.05, 4.69) is 0 Å². The van der Waals surface area contributed by atoms with Crippen LogP contribution in [0.4, 0.5) is 0 Å². The summed E-state index contributed by atoms with van der Waals surface area (Å²) in [6.45, 7) is 0.830. The molecule has 1 aliphatic heterocycles. The molecule has 1 amide bonds. The summed E-state index contributed by atoms with van der Waals surface area (Å²) in [5.41, 5.74) is 0.0795. The van der Waals surface area contributed by atoms with Gasteiger partial charge in [-0.2, -0.15) is 4.31 Å². The minimum atomic E-state index is -3.69. The third kappa shape index (κ3) is 4.31. The highest BCUT2D eigenvalue weighted by atomic mass is 32.2. The first-order valence-corrected chi connectivity index (χ1v) is 8.81. The molecular formula is C15H20N2O6S. The van der Waals surface area contributed by atoms with E-state index in [-0.39, 0.29) is 29.5 Å². The van der Waals surface area contributed by atoms with Crippen LogP contribution in [-0.4, -0.2) is 76.5 Å². The van der Waals surface area contributed by atoms with E-state index >= 15 is 0 Å². The standard InChI is InChI=1S/C15H20N2O6S/c1-16(2)14(18)11-23-15(19)12-4-3-5-13(10-12)24(20,21)17-6-8-22-9-7-17/h3-5,10H,6-9,11H2,1-2H3. The Morgan fingerprint density at radius 3 is 2.54 bits per heavy atom. The predicted octanol–water partition coefficient (Wildman–Crippen LogP) is -0.0475. The van der Waals surface area contributed by atoms with Crippen molar-refractivity contribution in [2.24, 2.45) is 0 Å². The second-order valence-corrected chi connectivity index (χ2v) is 7.35. The smallest absolute Gasteiger partial charge is 0.338 e. The molecule has 0 atom stereocenters. The predicted molar refractivity (Wildman–Crippen MR) is 85.0 cm³/mol. The average Bonchev–Trinajstić information content (AvgIpc) is 2.60. The SMILES string of the molecule is CN(C)C(=O)COC(=O)c1cccc(S(=O)(=O)N2CCOCC2)c1. The molecule has 0 radical (unpaired) electrons. The highest BCUT2D eigenvalue weighted by molar-refractivity contribution is 7.89. The summed E-state index contributed by atoms with van der Waals surface area (Å²) < 4.78 is 36.5. The molecule has 1 aliphatic rings. The normalized spacial score (nSPS) is 15.8. The molecule has 1 saturated heterocycles. The second-order valence-electron chi connectivity index (χ2n) is 5.41. The Morgan fingerprint density at radius 1 is 1.25 bits per heavy atom. The van der Waals surface area contributed by atoms with Crippen molar-refractivity contribution in [1.29, 1.82) is 0 Å². The highest BCUT2D eigenvalue weighted by Crippen LogP contribution is 2.18. The summed E-state index contributed by atoms with van der Waals surface area (Å²) >= 11 is 0. The summed E-state index contributed by atoms with van der Waals surface area (Å²) in [5.74, 6) is -1.11. The lowest BCUT2D eigenvalue weighted by molar-refractivity contribution is -0.131. The summed E-state index contributed by atoms with van der Waals surface area (Å²) in [5, 5.41) is 0. The molecule has 0 aromatic heterocycles. The molecule has 0 N–H and O–H groups in total. The number of ether oxygens (including phenoxy) is 2. The number of amides is 1. The lowest BCUT2D eigenvalue weighted by Crippen LogP contribution is -2.40. The number of likely N-dealkylation sites (N-methyl/N-ethyl adjacent to an activating group) is 1. The molecular weight excluding hydrogens is 336 g/mol. The molecule has 132 valence electrons. The third-order valence-electron chi connectivity index (χ3n) is 3.50. The lowest BCUT2D eigenvalue weighted by Gasteiger charge is -2.26. The molecule has 0 spiro atoms. The average molecular weight is 356 g/mol. The number of benzene rings is 1. The molecule has 1 aromatic rings. The van der Waals surface area contributed by atoms with Crippen molar-refractivity contribution in [3.05, 3.63) is 29.8 Å². The van der Waals surface area contributed by atoms with Crippen LogP contribution < -0.4 is 0 Å². The molecule has 0 aliphatic carbocycles. The largest absolute Gasteiger partial charge is 0.452 e. The van der Waals surface area contributed by atoms with Gasteiger partial charge in [0.15, 0.2) is 6.61 Å². The van der Waals surface area contributed by atoms with Gasteiger partial charge in [-0.15, -0.1) is 0 Å².